The monoisotopic (exact) mass is 157 g/mol. The number of hydrogen-bond donors (Lipinski definition) is 1. The van der Waals surface area contributed by atoms with Crippen molar-refractivity contribution in [2.45, 2.75) is 0 Å². The summed E-state index contributed by atoms with van der Waals surface area (Å²) in [5.74, 6) is 0. The Bertz CT molecular complexity index is 171. The van der Waals surface area contributed by atoms with E-state index in [2.05, 4.69) is 15.2 Å². The second kappa shape index (κ2) is 3.53. The van der Waals surface area contributed by atoms with Crippen molar-refractivity contribution in [3.8, 4) is 0 Å². The zero-order chi connectivity index (χ0) is 7.40. The summed E-state index contributed by atoms with van der Waals surface area (Å²) < 4.78 is 0. The number of anilines is 1. The molecule has 0 radical (unpaired) electrons. The van der Waals surface area contributed by atoms with E-state index in [1.807, 2.05) is 19.5 Å². The van der Waals surface area contributed by atoms with Gasteiger partial charge >= 0.3 is 0 Å². The minimum atomic E-state index is 0.841. The van der Waals surface area contributed by atoms with E-state index in [1.165, 1.54) is 0 Å². The van der Waals surface area contributed by atoms with Gasteiger partial charge in [-0.1, -0.05) is 0 Å². The van der Waals surface area contributed by atoms with Crippen molar-refractivity contribution in [1.29, 1.82) is 0 Å². The molecular formula is C6H11N3S. The highest BCUT2D eigenvalue weighted by atomic mass is 32.1. The third kappa shape index (κ3) is 2.33. The fourth-order valence-corrected chi connectivity index (χ4v) is 1.06. The average Bonchev–Trinajstić information content (AvgIpc) is 2.34. The molecule has 0 atom stereocenters. The third-order valence-corrected chi connectivity index (χ3v) is 1.71. The van der Waals surface area contributed by atoms with Crippen molar-refractivity contribution in [1.82, 2.24) is 9.88 Å². The molecule has 1 aromatic heterocycles. The molecule has 10 heavy (non-hydrogen) atoms. The third-order valence-electron chi connectivity index (χ3n) is 0.979. The minimum Gasteiger partial charge on any atom is -0.349 e. The lowest BCUT2D eigenvalue weighted by atomic mass is 10.8. The summed E-state index contributed by atoms with van der Waals surface area (Å²) in [6, 6.07) is 0. The maximum absolute atomic E-state index is 4.07. The van der Waals surface area contributed by atoms with Gasteiger partial charge in [0.1, 0.15) is 0 Å². The Kier molecular flexibility index (Phi) is 2.65. The first-order valence-corrected chi connectivity index (χ1v) is 3.95. The van der Waals surface area contributed by atoms with Crippen LogP contribution in [0.1, 0.15) is 0 Å². The quantitative estimate of drug-likeness (QED) is 0.665. The zero-order valence-corrected chi connectivity index (χ0v) is 6.98. The number of nitrogens with zero attached hydrogens (tertiary/aromatic N) is 2. The molecule has 0 aliphatic heterocycles. The van der Waals surface area contributed by atoms with E-state index in [0.29, 0.717) is 0 Å². The Hall–Kier alpha value is -0.610. The van der Waals surface area contributed by atoms with Gasteiger partial charge in [-0.3, -0.25) is 4.90 Å². The molecule has 0 aliphatic rings. The summed E-state index contributed by atoms with van der Waals surface area (Å²) in [5, 5.41) is 6.09. The molecule has 0 unspecified atom stereocenters. The maximum atomic E-state index is 4.07. The summed E-state index contributed by atoms with van der Waals surface area (Å²) in [5.41, 5.74) is 0. The van der Waals surface area contributed by atoms with Crippen LogP contribution in [0.25, 0.3) is 0 Å². The van der Waals surface area contributed by atoms with Crippen LogP contribution in [0, 0.1) is 0 Å². The molecule has 1 aromatic rings. The molecule has 3 nitrogen and oxygen atoms in total. The molecule has 1 N–H and O–H groups in total. The molecule has 0 saturated carbocycles. The topological polar surface area (TPSA) is 28.2 Å². The fraction of sp³-hybridized carbons (Fsp3) is 0.500. The summed E-state index contributed by atoms with van der Waals surface area (Å²) in [6.45, 7) is 0.841. The standard InChI is InChI=1S/C6H11N3S/c1-9(2)5-8-6-7-3-4-10-6/h3-4H,5H2,1-2H3,(H,7,8). The highest BCUT2D eigenvalue weighted by molar-refractivity contribution is 7.13. The normalized spacial score (nSPS) is 10.3. The van der Waals surface area contributed by atoms with E-state index in [1.54, 1.807) is 17.5 Å². The van der Waals surface area contributed by atoms with Crippen molar-refractivity contribution in [2.24, 2.45) is 0 Å². The van der Waals surface area contributed by atoms with Gasteiger partial charge in [0.25, 0.3) is 0 Å². The van der Waals surface area contributed by atoms with E-state index < -0.39 is 0 Å². The molecular weight excluding hydrogens is 146 g/mol. The molecule has 1 rings (SSSR count). The number of thiazole rings is 1. The number of hydrogen-bond acceptors (Lipinski definition) is 4. The first kappa shape index (κ1) is 7.50. The highest BCUT2D eigenvalue weighted by Crippen LogP contribution is 2.08. The fourth-order valence-electron chi connectivity index (χ4n) is 0.536. The molecule has 0 aliphatic carbocycles. The lowest BCUT2D eigenvalue weighted by molar-refractivity contribution is 0.440. The molecule has 0 saturated heterocycles. The van der Waals surface area contributed by atoms with Gasteiger partial charge in [-0.2, -0.15) is 0 Å². The van der Waals surface area contributed by atoms with Crippen LogP contribution in [0.4, 0.5) is 5.13 Å². The average molecular weight is 157 g/mol. The van der Waals surface area contributed by atoms with Gasteiger partial charge in [-0.05, 0) is 14.1 Å². The van der Waals surface area contributed by atoms with E-state index in [-0.39, 0.29) is 0 Å². The smallest absolute Gasteiger partial charge is 0.183 e. The number of aromatic nitrogens is 1. The second-order valence-corrected chi connectivity index (χ2v) is 3.15. The predicted molar refractivity (Wildman–Crippen MR) is 44.3 cm³/mol. The van der Waals surface area contributed by atoms with Crippen molar-refractivity contribution in [3.63, 3.8) is 0 Å². The van der Waals surface area contributed by atoms with E-state index >= 15 is 0 Å². The summed E-state index contributed by atoms with van der Waals surface area (Å²) in [7, 11) is 4.03. The summed E-state index contributed by atoms with van der Waals surface area (Å²) in [6.07, 6.45) is 1.79. The van der Waals surface area contributed by atoms with Gasteiger partial charge in [0.2, 0.25) is 0 Å². The molecule has 0 amide bonds. The van der Waals surface area contributed by atoms with Crippen LogP contribution >= 0.6 is 11.3 Å². The number of rotatable bonds is 3. The first-order valence-electron chi connectivity index (χ1n) is 3.07. The Morgan fingerprint density at radius 2 is 2.50 bits per heavy atom. The van der Waals surface area contributed by atoms with Gasteiger partial charge < -0.3 is 5.32 Å². The van der Waals surface area contributed by atoms with Gasteiger partial charge in [0.15, 0.2) is 5.13 Å². The molecule has 56 valence electrons. The largest absolute Gasteiger partial charge is 0.349 e. The predicted octanol–water partition coefficient (Wildman–Crippen LogP) is 1.07. The summed E-state index contributed by atoms with van der Waals surface area (Å²) >= 11 is 1.62. The van der Waals surface area contributed by atoms with Crippen molar-refractivity contribution in [2.75, 3.05) is 26.1 Å². The SMILES string of the molecule is CN(C)CNc1nccs1. The van der Waals surface area contributed by atoms with Gasteiger partial charge in [0, 0.05) is 11.6 Å². The van der Waals surface area contributed by atoms with E-state index in [4.69, 9.17) is 0 Å². The molecule has 0 bridgehead atoms. The van der Waals surface area contributed by atoms with Crippen molar-refractivity contribution < 1.29 is 0 Å². The zero-order valence-electron chi connectivity index (χ0n) is 6.16. The summed E-state index contributed by atoms with van der Waals surface area (Å²) in [4.78, 5) is 6.13. The second-order valence-electron chi connectivity index (χ2n) is 2.25. The van der Waals surface area contributed by atoms with Gasteiger partial charge in [-0.15, -0.1) is 11.3 Å². The van der Waals surface area contributed by atoms with Crippen molar-refractivity contribution >= 4 is 16.5 Å². The first-order chi connectivity index (χ1) is 4.79. The van der Waals surface area contributed by atoms with Crippen LogP contribution in [-0.2, 0) is 0 Å². The number of nitrogens with one attached hydrogen (secondary N) is 1. The van der Waals surface area contributed by atoms with Crippen LogP contribution in [0.3, 0.4) is 0 Å². The molecule has 0 fully saturated rings. The van der Waals surface area contributed by atoms with Crippen LogP contribution in [-0.4, -0.2) is 30.6 Å². The Balaban J connectivity index is 2.28. The minimum absolute atomic E-state index is 0.841. The molecule has 0 spiro atoms. The lowest BCUT2D eigenvalue weighted by Crippen LogP contribution is -2.20. The Labute approximate surface area is 64.7 Å². The van der Waals surface area contributed by atoms with Crippen LogP contribution in [0.5, 0.6) is 0 Å². The van der Waals surface area contributed by atoms with Crippen LogP contribution in [0.2, 0.25) is 0 Å². The van der Waals surface area contributed by atoms with E-state index in [9.17, 15) is 0 Å². The van der Waals surface area contributed by atoms with Gasteiger partial charge in [-0.25, -0.2) is 4.98 Å². The molecule has 4 heteroatoms. The maximum Gasteiger partial charge on any atom is 0.183 e. The molecule has 1 heterocycles. The van der Waals surface area contributed by atoms with Crippen LogP contribution in [0.15, 0.2) is 11.6 Å². The Morgan fingerprint density at radius 3 is 3.00 bits per heavy atom. The van der Waals surface area contributed by atoms with Crippen LogP contribution < -0.4 is 5.32 Å². The molecule has 0 aromatic carbocycles. The Morgan fingerprint density at radius 1 is 1.70 bits per heavy atom. The highest BCUT2D eigenvalue weighted by Gasteiger charge is 1.92. The lowest BCUT2D eigenvalue weighted by Gasteiger charge is -2.08. The van der Waals surface area contributed by atoms with E-state index in [0.717, 1.165) is 11.8 Å². The van der Waals surface area contributed by atoms with Gasteiger partial charge in [0.05, 0.1) is 6.67 Å². The van der Waals surface area contributed by atoms with Crippen molar-refractivity contribution in [3.05, 3.63) is 11.6 Å².